The van der Waals surface area contributed by atoms with Crippen molar-refractivity contribution in [3.63, 3.8) is 0 Å². The van der Waals surface area contributed by atoms with E-state index >= 15 is 0 Å². The van der Waals surface area contributed by atoms with E-state index in [9.17, 15) is 14.9 Å². The lowest BCUT2D eigenvalue weighted by Crippen LogP contribution is -2.27. The normalized spacial score (nSPS) is 16.4. The summed E-state index contributed by atoms with van der Waals surface area (Å²) >= 11 is 0.857. The number of carbonyl (C=O) groups excluding carboxylic acids is 2. The number of amides is 2. The first-order valence-corrected chi connectivity index (χ1v) is 9.72. The Labute approximate surface area is 171 Å². The van der Waals surface area contributed by atoms with E-state index in [0.717, 1.165) is 16.7 Å². The zero-order valence-corrected chi connectivity index (χ0v) is 16.3. The molecule has 0 saturated carbocycles. The van der Waals surface area contributed by atoms with Crippen molar-refractivity contribution in [2.24, 2.45) is 0 Å². The minimum absolute atomic E-state index is 0.0468. The smallest absolute Gasteiger partial charge is 0.293 e. The highest BCUT2D eigenvalue weighted by Gasteiger charge is 2.35. The number of hydrogen-bond donors (Lipinski definition) is 0. The van der Waals surface area contributed by atoms with Crippen molar-refractivity contribution in [1.29, 1.82) is 5.26 Å². The summed E-state index contributed by atoms with van der Waals surface area (Å²) < 4.78 is 16.4. The summed E-state index contributed by atoms with van der Waals surface area (Å²) in [5, 5.41) is 8.86. The van der Waals surface area contributed by atoms with Crippen LogP contribution in [-0.2, 0) is 11.3 Å². The fraction of sp³-hybridized carbons (Fsp3) is 0.190. The van der Waals surface area contributed by atoms with Gasteiger partial charge in [-0.25, -0.2) is 0 Å². The Bertz CT molecular complexity index is 1070. The highest BCUT2D eigenvalue weighted by atomic mass is 32.2. The molecule has 8 heteroatoms. The van der Waals surface area contributed by atoms with Gasteiger partial charge < -0.3 is 14.2 Å². The van der Waals surface area contributed by atoms with Crippen LogP contribution in [0.5, 0.6) is 17.2 Å². The average molecular weight is 408 g/mol. The van der Waals surface area contributed by atoms with Crippen LogP contribution < -0.4 is 14.2 Å². The second-order valence-electron chi connectivity index (χ2n) is 6.21. The molecule has 0 radical (unpaired) electrons. The van der Waals surface area contributed by atoms with E-state index in [0.29, 0.717) is 40.5 Å². The van der Waals surface area contributed by atoms with E-state index in [-0.39, 0.29) is 23.5 Å². The molecule has 4 rings (SSSR count). The van der Waals surface area contributed by atoms with E-state index in [4.69, 9.17) is 14.2 Å². The van der Waals surface area contributed by atoms with Crippen molar-refractivity contribution in [3.05, 3.63) is 58.0 Å². The Morgan fingerprint density at radius 1 is 1.24 bits per heavy atom. The number of fused-ring (bicyclic) bond motifs is 1. The van der Waals surface area contributed by atoms with Gasteiger partial charge in [-0.1, -0.05) is 18.2 Å². The molecule has 0 atom stereocenters. The Kier molecular flexibility index (Phi) is 5.14. The summed E-state index contributed by atoms with van der Waals surface area (Å²) in [6.45, 7) is 2.46. The van der Waals surface area contributed by atoms with Gasteiger partial charge in [0.15, 0.2) is 11.5 Å². The first-order valence-electron chi connectivity index (χ1n) is 8.90. The Morgan fingerprint density at radius 3 is 2.76 bits per heavy atom. The molecule has 2 amide bonds. The predicted molar refractivity (Wildman–Crippen MR) is 106 cm³/mol. The molecule has 1 saturated heterocycles. The molecule has 0 spiro atoms. The van der Waals surface area contributed by atoms with Gasteiger partial charge in [-0.05, 0) is 42.5 Å². The minimum Gasteiger partial charge on any atom is -0.493 e. The summed E-state index contributed by atoms with van der Waals surface area (Å²) in [7, 11) is 0. The molecule has 0 unspecified atom stereocenters. The van der Waals surface area contributed by atoms with Gasteiger partial charge in [0.1, 0.15) is 5.75 Å². The molecule has 2 aromatic carbocycles. The molecule has 0 aromatic heterocycles. The van der Waals surface area contributed by atoms with Crippen molar-refractivity contribution >= 4 is 29.0 Å². The lowest BCUT2D eigenvalue weighted by atomic mass is 10.1. The molecule has 1 fully saturated rings. The van der Waals surface area contributed by atoms with Crippen LogP contribution in [-0.4, -0.2) is 29.4 Å². The molecule has 0 bridgehead atoms. The number of nitrogens with zero attached hydrogens (tertiary/aromatic N) is 2. The molecule has 29 heavy (non-hydrogen) atoms. The van der Waals surface area contributed by atoms with Gasteiger partial charge in [-0.2, -0.15) is 5.26 Å². The number of imide groups is 1. The standard InChI is InChI=1S/C21H16N2O5S/c1-2-26-16-9-18-17(27-12-28-18)7-15(16)8-19-20(24)23(21(25)29-19)11-14-6-4-3-5-13(14)10-22/h3-9H,2,11-12H2,1H3/b19-8+. The number of rotatable bonds is 5. The van der Waals surface area contributed by atoms with Crippen LogP contribution in [0.15, 0.2) is 41.3 Å². The second-order valence-corrected chi connectivity index (χ2v) is 7.21. The van der Waals surface area contributed by atoms with Crippen LogP contribution in [0, 0.1) is 11.3 Å². The highest BCUT2D eigenvalue weighted by molar-refractivity contribution is 8.18. The molecule has 0 N–H and O–H groups in total. The quantitative estimate of drug-likeness (QED) is 0.693. The Balaban J connectivity index is 1.64. The molecule has 0 aliphatic carbocycles. The molecule has 146 valence electrons. The maximum atomic E-state index is 12.9. The van der Waals surface area contributed by atoms with Gasteiger partial charge in [0, 0.05) is 11.6 Å². The van der Waals surface area contributed by atoms with Crippen molar-refractivity contribution in [2.45, 2.75) is 13.5 Å². The largest absolute Gasteiger partial charge is 0.493 e. The first kappa shape index (κ1) is 18.9. The first-order chi connectivity index (χ1) is 14.1. The van der Waals surface area contributed by atoms with E-state index < -0.39 is 5.91 Å². The topological polar surface area (TPSA) is 88.9 Å². The number of nitriles is 1. The minimum atomic E-state index is -0.409. The van der Waals surface area contributed by atoms with Crippen LogP contribution in [0.25, 0.3) is 6.08 Å². The van der Waals surface area contributed by atoms with E-state index in [1.54, 1.807) is 42.5 Å². The number of ether oxygens (including phenoxy) is 3. The third kappa shape index (κ3) is 3.65. The van der Waals surface area contributed by atoms with E-state index in [2.05, 4.69) is 6.07 Å². The van der Waals surface area contributed by atoms with E-state index in [1.807, 2.05) is 6.92 Å². The summed E-state index contributed by atoms with van der Waals surface area (Å²) in [5.74, 6) is 1.26. The zero-order valence-electron chi connectivity index (χ0n) is 15.5. The van der Waals surface area contributed by atoms with Crippen LogP contribution >= 0.6 is 11.8 Å². The fourth-order valence-electron chi connectivity index (χ4n) is 3.05. The van der Waals surface area contributed by atoms with Gasteiger partial charge in [0.25, 0.3) is 11.1 Å². The van der Waals surface area contributed by atoms with E-state index in [1.165, 1.54) is 0 Å². The van der Waals surface area contributed by atoms with Gasteiger partial charge in [-0.3, -0.25) is 14.5 Å². The lowest BCUT2D eigenvalue weighted by Gasteiger charge is -2.13. The third-order valence-electron chi connectivity index (χ3n) is 4.43. The predicted octanol–water partition coefficient (Wildman–Crippen LogP) is 3.92. The van der Waals surface area contributed by atoms with Gasteiger partial charge >= 0.3 is 0 Å². The fourth-order valence-corrected chi connectivity index (χ4v) is 3.88. The average Bonchev–Trinajstić information content (AvgIpc) is 3.28. The monoisotopic (exact) mass is 408 g/mol. The van der Waals surface area contributed by atoms with Crippen LogP contribution in [0.1, 0.15) is 23.6 Å². The summed E-state index contributed by atoms with van der Waals surface area (Å²) in [6.07, 6.45) is 1.62. The second kappa shape index (κ2) is 7.89. The summed E-state index contributed by atoms with van der Waals surface area (Å²) in [6, 6.07) is 12.4. The SMILES string of the molecule is CCOc1cc2c(cc1/C=C1/SC(=O)N(Cc3ccccc3C#N)C1=O)OCO2. The zero-order chi connectivity index (χ0) is 20.4. The Morgan fingerprint density at radius 2 is 2.00 bits per heavy atom. The Hall–Kier alpha value is -3.44. The van der Waals surface area contributed by atoms with Crippen molar-refractivity contribution in [3.8, 4) is 23.3 Å². The molecule has 2 heterocycles. The molecule has 2 aromatic rings. The number of benzene rings is 2. The molecule has 7 nitrogen and oxygen atoms in total. The van der Waals surface area contributed by atoms with Gasteiger partial charge in [0.05, 0.1) is 29.7 Å². The maximum Gasteiger partial charge on any atom is 0.293 e. The van der Waals surface area contributed by atoms with Crippen LogP contribution in [0.3, 0.4) is 0 Å². The summed E-state index contributed by atoms with van der Waals surface area (Å²) in [5.41, 5.74) is 1.68. The molecule has 2 aliphatic rings. The summed E-state index contributed by atoms with van der Waals surface area (Å²) in [4.78, 5) is 26.7. The molecule has 2 aliphatic heterocycles. The number of carbonyl (C=O) groups is 2. The number of thioether (sulfide) groups is 1. The van der Waals surface area contributed by atoms with Gasteiger partial charge in [0.2, 0.25) is 6.79 Å². The lowest BCUT2D eigenvalue weighted by molar-refractivity contribution is -0.123. The maximum absolute atomic E-state index is 12.9. The molecular formula is C21H16N2O5S. The van der Waals surface area contributed by atoms with Crippen molar-refractivity contribution < 1.29 is 23.8 Å². The van der Waals surface area contributed by atoms with Crippen LogP contribution in [0.4, 0.5) is 4.79 Å². The van der Waals surface area contributed by atoms with Crippen LogP contribution in [0.2, 0.25) is 0 Å². The third-order valence-corrected chi connectivity index (χ3v) is 5.34. The number of hydrogen-bond acceptors (Lipinski definition) is 7. The molecular weight excluding hydrogens is 392 g/mol. The van der Waals surface area contributed by atoms with Crippen molar-refractivity contribution in [1.82, 2.24) is 4.90 Å². The van der Waals surface area contributed by atoms with Gasteiger partial charge in [-0.15, -0.1) is 0 Å². The highest BCUT2D eigenvalue weighted by Crippen LogP contribution is 2.41. The van der Waals surface area contributed by atoms with Crippen molar-refractivity contribution in [2.75, 3.05) is 13.4 Å².